The van der Waals surface area contributed by atoms with Crippen LogP contribution in [0.25, 0.3) is 0 Å². The highest BCUT2D eigenvalue weighted by atomic mass is 32.2. The van der Waals surface area contributed by atoms with E-state index in [9.17, 15) is 0 Å². The lowest BCUT2D eigenvalue weighted by molar-refractivity contribution is 0.674. The summed E-state index contributed by atoms with van der Waals surface area (Å²) < 4.78 is 0. The first kappa shape index (κ1) is 8.14. The van der Waals surface area contributed by atoms with E-state index < -0.39 is 0 Å². The van der Waals surface area contributed by atoms with Crippen molar-refractivity contribution in [3.63, 3.8) is 0 Å². The maximum absolute atomic E-state index is 5.63. The number of hydrogen-bond donors (Lipinski definition) is 1. The van der Waals surface area contributed by atoms with Crippen molar-refractivity contribution in [2.45, 2.75) is 24.5 Å². The van der Waals surface area contributed by atoms with Gasteiger partial charge in [0.2, 0.25) is 0 Å². The van der Waals surface area contributed by atoms with E-state index >= 15 is 0 Å². The Bertz CT molecular complexity index is 272. The van der Waals surface area contributed by atoms with Crippen LogP contribution in [0.5, 0.6) is 0 Å². The van der Waals surface area contributed by atoms with Crippen molar-refractivity contribution in [3.8, 4) is 0 Å². The molecule has 0 aromatic heterocycles. The Hall–Kier alpha value is -0.470. The molecular formula is C10H13NS. The van der Waals surface area contributed by atoms with E-state index in [1.165, 1.54) is 42.3 Å². The van der Waals surface area contributed by atoms with Gasteiger partial charge in [0.15, 0.2) is 0 Å². The molecule has 2 heteroatoms. The predicted octanol–water partition coefficient (Wildman–Crippen LogP) is 2.67. The molecule has 1 unspecified atom stereocenters. The summed E-state index contributed by atoms with van der Waals surface area (Å²) in [5, 5.41) is 6.17. The average Bonchev–Trinajstić information content (AvgIpc) is 2.17. The zero-order valence-electron chi connectivity index (χ0n) is 6.99. The van der Waals surface area contributed by atoms with Crippen LogP contribution >= 0.6 is 11.9 Å². The minimum absolute atomic E-state index is 0.537. The molecule has 0 fully saturated rings. The lowest BCUT2D eigenvalue weighted by Crippen LogP contribution is -2.08. The van der Waals surface area contributed by atoms with Gasteiger partial charge in [-0.15, -0.1) is 0 Å². The highest BCUT2D eigenvalue weighted by Gasteiger charge is 2.18. The molecule has 1 aromatic rings. The standard InChI is InChI=1S/C10H13NS/c11-12-10-7-3-5-8-4-1-2-6-9(8)10/h1-2,4,6,10H,3,5,7,11H2. The van der Waals surface area contributed by atoms with Crippen LogP contribution in [-0.4, -0.2) is 0 Å². The van der Waals surface area contributed by atoms with Gasteiger partial charge in [-0.25, -0.2) is 0 Å². The second-order valence-corrected chi connectivity index (χ2v) is 4.06. The summed E-state index contributed by atoms with van der Waals surface area (Å²) in [4.78, 5) is 0. The predicted molar refractivity (Wildman–Crippen MR) is 53.9 cm³/mol. The summed E-state index contributed by atoms with van der Waals surface area (Å²) >= 11 is 1.49. The fourth-order valence-corrected chi connectivity index (χ4v) is 2.53. The van der Waals surface area contributed by atoms with Crippen LogP contribution in [0.4, 0.5) is 0 Å². The Kier molecular flexibility index (Phi) is 2.38. The molecule has 2 N–H and O–H groups in total. The molecule has 1 aromatic carbocycles. The maximum Gasteiger partial charge on any atom is 0.0443 e. The van der Waals surface area contributed by atoms with Gasteiger partial charge in [-0.3, -0.25) is 5.14 Å². The van der Waals surface area contributed by atoms with Gasteiger partial charge in [0.25, 0.3) is 0 Å². The minimum atomic E-state index is 0.537. The Balaban J connectivity index is 2.37. The molecule has 0 amide bonds. The van der Waals surface area contributed by atoms with Crippen molar-refractivity contribution in [2.24, 2.45) is 5.14 Å². The summed E-state index contributed by atoms with van der Waals surface area (Å²) in [6, 6.07) is 8.65. The van der Waals surface area contributed by atoms with Crippen molar-refractivity contribution >= 4 is 11.9 Å². The fourth-order valence-electron chi connectivity index (χ4n) is 1.85. The maximum atomic E-state index is 5.63. The van der Waals surface area contributed by atoms with Gasteiger partial charge in [0.1, 0.15) is 0 Å². The van der Waals surface area contributed by atoms with Gasteiger partial charge in [-0.2, -0.15) is 0 Å². The normalized spacial score (nSPS) is 21.9. The van der Waals surface area contributed by atoms with Crippen LogP contribution in [0.15, 0.2) is 24.3 Å². The van der Waals surface area contributed by atoms with Crippen LogP contribution < -0.4 is 5.14 Å². The number of aryl methyl sites for hydroxylation is 1. The number of hydrogen-bond acceptors (Lipinski definition) is 2. The molecule has 0 saturated heterocycles. The van der Waals surface area contributed by atoms with Crippen LogP contribution in [-0.2, 0) is 6.42 Å². The number of nitrogens with two attached hydrogens (primary N) is 1. The lowest BCUT2D eigenvalue weighted by Gasteiger charge is -2.22. The van der Waals surface area contributed by atoms with E-state index in [0.717, 1.165) is 0 Å². The smallest absolute Gasteiger partial charge is 0.0443 e. The molecule has 0 spiro atoms. The van der Waals surface area contributed by atoms with Crippen molar-refractivity contribution < 1.29 is 0 Å². The summed E-state index contributed by atoms with van der Waals surface area (Å²) in [5.41, 5.74) is 2.95. The third-order valence-corrected chi connectivity index (χ3v) is 3.30. The Morgan fingerprint density at radius 1 is 1.33 bits per heavy atom. The second kappa shape index (κ2) is 3.50. The first-order valence-corrected chi connectivity index (χ1v) is 5.29. The minimum Gasteiger partial charge on any atom is -0.277 e. The first-order valence-electron chi connectivity index (χ1n) is 4.35. The van der Waals surface area contributed by atoms with Gasteiger partial charge in [-0.1, -0.05) is 36.2 Å². The quantitative estimate of drug-likeness (QED) is 0.671. The SMILES string of the molecule is NSC1CCCc2ccccc21. The van der Waals surface area contributed by atoms with Crippen LogP contribution in [0, 0.1) is 0 Å². The second-order valence-electron chi connectivity index (χ2n) is 3.22. The van der Waals surface area contributed by atoms with Crippen molar-refractivity contribution in [2.75, 3.05) is 0 Å². The van der Waals surface area contributed by atoms with E-state index in [2.05, 4.69) is 24.3 Å². The molecule has 12 heavy (non-hydrogen) atoms. The Morgan fingerprint density at radius 3 is 3.00 bits per heavy atom. The van der Waals surface area contributed by atoms with E-state index in [1.807, 2.05) is 0 Å². The summed E-state index contributed by atoms with van der Waals surface area (Å²) in [6.45, 7) is 0. The van der Waals surface area contributed by atoms with Crippen molar-refractivity contribution in [1.29, 1.82) is 0 Å². The molecule has 1 aliphatic carbocycles. The topological polar surface area (TPSA) is 26.0 Å². The molecule has 0 aliphatic heterocycles. The molecule has 0 heterocycles. The van der Waals surface area contributed by atoms with Crippen LogP contribution in [0.2, 0.25) is 0 Å². The molecule has 64 valence electrons. The molecule has 1 aliphatic rings. The third-order valence-electron chi connectivity index (χ3n) is 2.48. The molecule has 1 nitrogen and oxygen atoms in total. The van der Waals surface area contributed by atoms with Gasteiger partial charge in [0, 0.05) is 5.25 Å². The van der Waals surface area contributed by atoms with Gasteiger partial charge >= 0.3 is 0 Å². The number of rotatable bonds is 1. The van der Waals surface area contributed by atoms with Crippen LogP contribution in [0.1, 0.15) is 29.2 Å². The molecule has 0 radical (unpaired) electrons. The van der Waals surface area contributed by atoms with E-state index in [-0.39, 0.29) is 0 Å². The molecular weight excluding hydrogens is 166 g/mol. The van der Waals surface area contributed by atoms with E-state index in [4.69, 9.17) is 5.14 Å². The fraction of sp³-hybridized carbons (Fsp3) is 0.400. The Morgan fingerprint density at radius 2 is 2.17 bits per heavy atom. The highest BCUT2D eigenvalue weighted by molar-refractivity contribution is 7.97. The molecule has 0 bridgehead atoms. The Labute approximate surface area is 77.5 Å². The van der Waals surface area contributed by atoms with Gasteiger partial charge < -0.3 is 0 Å². The highest BCUT2D eigenvalue weighted by Crippen LogP contribution is 2.36. The van der Waals surface area contributed by atoms with E-state index in [0.29, 0.717) is 5.25 Å². The van der Waals surface area contributed by atoms with Crippen LogP contribution in [0.3, 0.4) is 0 Å². The largest absolute Gasteiger partial charge is 0.277 e. The average molecular weight is 179 g/mol. The van der Waals surface area contributed by atoms with Gasteiger partial charge in [-0.05, 0) is 30.4 Å². The van der Waals surface area contributed by atoms with E-state index in [1.54, 1.807) is 0 Å². The first-order chi connectivity index (χ1) is 5.92. The number of benzene rings is 1. The van der Waals surface area contributed by atoms with Gasteiger partial charge in [0.05, 0.1) is 0 Å². The molecule has 2 rings (SSSR count). The number of fused-ring (bicyclic) bond motifs is 1. The monoisotopic (exact) mass is 179 g/mol. The molecule has 1 atom stereocenters. The molecule has 0 saturated carbocycles. The van der Waals surface area contributed by atoms with Crippen molar-refractivity contribution in [1.82, 2.24) is 0 Å². The lowest BCUT2D eigenvalue weighted by atomic mass is 9.91. The van der Waals surface area contributed by atoms with Crippen molar-refractivity contribution in [3.05, 3.63) is 35.4 Å². The summed E-state index contributed by atoms with van der Waals surface area (Å²) in [7, 11) is 0. The zero-order chi connectivity index (χ0) is 8.39. The summed E-state index contributed by atoms with van der Waals surface area (Å²) in [5.74, 6) is 0. The third kappa shape index (κ3) is 1.37. The zero-order valence-corrected chi connectivity index (χ0v) is 7.81. The summed E-state index contributed by atoms with van der Waals surface area (Å²) in [6.07, 6.45) is 3.75.